The zero-order valence-corrected chi connectivity index (χ0v) is 11.2. The van der Waals surface area contributed by atoms with Crippen molar-refractivity contribution in [2.24, 2.45) is 0 Å². The van der Waals surface area contributed by atoms with Crippen LogP contribution in [-0.2, 0) is 0 Å². The van der Waals surface area contributed by atoms with Gasteiger partial charge < -0.3 is 14.8 Å². The fraction of sp³-hybridized carbons (Fsp3) is 0.357. The zero-order valence-electron chi connectivity index (χ0n) is 11.2. The second kappa shape index (κ2) is 4.19. The van der Waals surface area contributed by atoms with Crippen molar-refractivity contribution >= 4 is 5.69 Å². The van der Waals surface area contributed by atoms with Crippen LogP contribution >= 0.6 is 0 Å². The molecule has 100 valence electrons. The van der Waals surface area contributed by atoms with E-state index < -0.39 is 5.79 Å². The van der Waals surface area contributed by atoms with Crippen LogP contribution < -0.4 is 14.8 Å². The lowest BCUT2D eigenvalue weighted by atomic mass is 10.2. The van der Waals surface area contributed by atoms with Gasteiger partial charge in [-0.3, -0.25) is 5.10 Å². The van der Waals surface area contributed by atoms with E-state index in [9.17, 15) is 0 Å². The Hall–Kier alpha value is -2.17. The monoisotopic (exact) mass is 259 g/mol. The van der Waals surface area contributed by atoms with Crippen LogP contribution in [0.4, 0.5) is 5.69 Å². The lowest BCUT2D eigenvalue weighted by Gasteiger charge is -2.16. The minimum absolute atomic E-state index is 0.149. The summed E-state index contributed by atoms with van der Waals surface area (Å²) in [5.41, 5.74) is 2.03. The molecule has 19 heavy (non-hydrogen) atoms. The van der Waals surface area contributed by atoms with Gasteiger partial charge >= 0.3 is 0 Å². The summed E-state index contributed by atoms with van der Waals surface area (Å²) in [6.07, 6.45) is 1.75. The first kappa shape index (κ1) is 11.9. The molecule has 1 unspecified atom stereocenters. The molecule has 1 atom stereocenters. The molecule has 2 heterocycles. The van der Waals surface area contributed by atoms with Crippen molar-refractivity contribution < 1.29 is 9.47 Å². The van der Waals surface area contributed by atoms with Crippen molar-refractivity contribution in [1.82, 2.24) is 10.2 Å². The smallest absolute Gasteiger partial charge is 0.246 e. The van der Waals surface area contributed by atoms with Gasteiger partial charge in [0, 0.05) is 31.8 Å². The zero-order chi connectivity index (χ0) is 13.5. The van der Waals surface area contributed by atoms with Crippen molar-refractivity contribution in [2.75, 3.05) is 5.32 Å². The highest BCUT2D eigenvalue weighted by atomic mass is 16.7. The highest BCUT2D eigenvalue weighted by Crippen LogP contribution is 2.41. The van der Waals surface area contributed by atoms with Gasteiger partial charge in [0.2, 0.25) is 5.79 Å². The predicted molar refractivity (Wildman–Crippen MR) is 72.4 cm³/mol. The topological polar surface area (TPSA) is 59.2 Å². The van der Waals surface area contributed by atoms with Crippen molar-refractivity contribution in [3.8, 4) is 11.5 Å². The van der Waals surface area contributed by atoms with E-state index in [1.54, 1.807) is 6.20 Å². The first-order chi connectivity index (χ1) is 9.03. The Morgan fingerprint density at radius 2 is 2.00 bits per heavy atom. The van der Waals surface area contributed by atoms with Crippen LogP contribution in [0.25, 0.3) is 0 Å². The van der Waals surface area contributed by atoms with E-state index in [1.807, 2.05) is 38.1 Å². The number of nitrogens with zero attached hydrogens (tertiary/aromatic N) is 1. The Kier molecular flexibility index (Phi) is 2.62. The number of anilines is 1. The van der Waals surface area contributed by atoms with Gasteiger partial charge in [-0.05, 0) is 25.1 Å². The van der Waals surface area contributed by atoms with Crippen molar-refractivity contribution in [1.29, 1.82) is 0 Å². The Labute approximate surface area is 111 Å². The third-order valence-electron chi connectivity index (χ3n) is 3.03. The van der Waals surface area contributed by atoms with Gasteiger partial charge in [0.15, 0.2) is 11.5 Å². The van der Waals surface area contributed by atoms with Crippen LogP contribution in [0.15, 0.2) is 30.5 Å². The number of aromatic amines is 1. The van der Waals surface area contributed by atoms with Crippen LogP contribution in [0.1, 0.15) is 32.5 Å². The highest BCUT2D eigenvalue weighted by Gasteiger charge is 2.31. The molecule has 1 aliphatic rings. The Bertz CT molecular complexity index is 578. The molecular weight excluding hydrogens is 242 g/mol. The first-order valence-corrected chi connectivity index (χ1v) is 6.31. The average Bonchev–Trinajstić information content (AvgIpc) is 2.93. The predicted octanol–water partition coefficient (Wildman–Crippen LogP) is 3.09. The molecule has 5 heteroatoms. The molecular formula is C14H17N3O2. The van der Waals surface area contributed by atoms with E-state index in [4.69, 9.17) is 9.47 Å². The third-order valence-corrected chi connectivity index (χ3v) is 3.03. The molecule has 0 amide bonds. The van der Waals surface area contributed by atoms with Crippen LogP contribution in [0, 0.1) is 0 Å². The normalized spacial score (nSPS) is 17.2. The van der Waals surface area contributed by atoms with E-state index in [2.05, 4.69) is 22.4 Å². The quantitative estimate of drug-likeness (QED) is 0.889. The Balaban J connectivity index is 1.77. The van der Waals surface area contributed by atoms with E-state index >= 15 is 0 Å². The fourth-order valence-electron chi connectivity index (χ4n) is 2.15. The second-order valence-corrected chi connectivity index (χ2v) is 5.14. The van der Waals surface area contributed by atoms with Gasteiger partial charge in [-0.15, -0.1) is 0 Å². The molecule has 0 saturated heterocycles. The van der Waals surface area contributed by atoms with E-state index in [1.165, 1.54) is 0 Å². The van der Waals surface area contributed by atoms with Gasteiger partial charge in [-0.2, -0.15) is 5.10 Å². The lowest BCUT2D eigenvalue weighted by Crippen LogP contribution is -2.29. The molecule has 2 N–H and O–H groups in total. The Morgan fingerprint density at radius 1 is 1.21 bits per heavy atom. The fourth-order valence-corrected chi connectivity index (χ4v) is 2.15. The van der Waals surface area contributed by atoms with E-state index in [0.29, 0.717) is 0 Å². The molecule has 1 aromatic carbocycles. The SMILES string of the molecule is CC(Nc1ccc2c(c1)OC(C)(C)O2)c1ccn[nH]1. The van der Waals surface area contributed by atoms with Gasteiger partial charge in [-0.25, -0.2) is 0 Å². The summed E-state index contributed by atoms with van der Waals surface area (Å²) >= 11 is 0. The van der Waals surface area contributed by atoms with Gasteiger partial charge in [-0.1, -0.05) is 0 Å². The molecule has 2 aromatic rings. The molecule has 0 radical (unpaired) electrons. The number of fused-ring (bicyclic) bond motifs is 1. The molecule has 1 aliphatic heterocycles. The Morgan fingerprint density at radius 3 is 2.74 bits per heavy atom. The lowest BCUT2D eigenvalue weighted by molar-refractivity contribution is -0.0431. The molecule has 0 aliphatic carbocycles. The summed E-state index contributed by atoms with van der Waals surface area (Å²) in [6, 6.07) is 7.96. The van der Waals surface area contributed by atoms with Crippen LogP contribution in [0.5, 0.6) is 11.5 Å². The van der Waals surface area contributed by atoms with Crippen molar-refractivity contribution in [3.05, 3.63) is 36.2 Å². The summed E-state index contributed by atoms with van der Waals surface area (Å²) in [4.78, 5) is 0. The highest BCUT2D eigenvalue weighted by molar-refractivity contribution is 5.56. The van der Waals surface area contributed by atoms with Crippen LogP contribution in [-0.4, -0.2) is 16.0 Å². The summed E-state index contributed by atoms with van der Waals surface area (Å²) in [5, 5.41) is 10.3. The minimum Gasteiger partial charge on any atom is -0.449 e. The summed E-state index contributed by atoms with van der Waals surface area (Å²) in [6.45, 7) is 5.86. The molecule has 5 nitrogen and oxygen atoms in total. The maximum absolute atomic E-state index is 5.72. The number of hydrogen-bond acceptors (Lipinski definition) is 4. The molecule has 1 aromatic heterocycles. The number of H-pyrrole nitrogens is 1. The summed E-state index contributed by atoms with van der Waals surface area (Å²) < 4.78 is 11.4. The number of rotatable bonds is 3. The average molecular weight is 259 g/mol. The third kappa shape index (κ3) is 2.36. The summed E-state index contributed by atoms with van der Waals surface area (Å²) in [7, 11) is 0. The van der Waals surface area contributed by atoms with Gasteiger partial charge in [0.1, 0.15) is 0 Å². The standard InChI is InChI=1S/C14H17N3O2/c1-9(11-6-7-15-17-11)16-10-4-5-12-13(8-10)19-14(2,3)18-12/h4-9,16H,1-3H3,(H,15,17). The first-order valence-electron chi connectivity index (χ1n) is 6.31. The van der Waals surface area contributed by atoms with E-state index in [-0.39, 0.29) is 6.04 Å². The minimum atomic E-state index is -0.587. The number of nitrogens with one attached hydrogen (secondary N) is 2. The van der Waals surface area contributed by atoms with Gasteiger partial charge in [0.25, 0.3) is 0 Å². The summed E-state index contributed by atoms with van der Waals surface area (Å²) in [5.74, 6) is 0.965. The number of aromatic nitrogens is 2. The van der Waals surface area contributed by atoms with Crippen LogP contribution in [0.2, 0.25) is 0 Å². The number of benzene rings is 1. The number of ether oxygens (including phenoxy) is 2. The largest absolute Gasteiger partial charge is 0.449 e. The van der Waals surface area contributed by atoms with Crippen LogP contribution in [0.3, 0.4) is 0 Å². The molecule has 0 saturated carbocycles. The van der Waals surface area contributed by atoms with Gasteiger partial charge in [0.05, 0.1) is 11.7 Å². The van der Waals surface area contributed by atoms with E-state index in [0.717, 1.165) is 22.9 Å². The maximum Gasteiger partial charge on any atom is 0.246 e. The molecule has 0 fully saturated rings. The molecule has 3 rings (SSSR count). The van der Waals surface area contributed by atoms with Crippen molar-refractivity contribution in [2.45, 2.75) is 32.6 Å². The molecule has 0 bridgehead atoms. The molecule has 0 spiro atoms. The van der Waals surface area contributed by atoms with Crippen molar-refractivity contribution in [3.63, 3.8) is 0 Å². The number of hydrogen-bond donors (Lipinski definition) is 2. The maximum atomic E-state index is 5.72. The second-order valence-electron chi connectivity index (χ2n) is 5.14.